The summed E-state index contributed by atoms with van der Waals surface area (Å²) in [5.41, 5.74) is 10.5. The van der Waals surface area contributed by atoms with E-state index in [1.165, 1.54) is 0 Å². The molecule has 7 heteroatoms. The van der Waals surface area contributed by atoms with Gasteiger partial charge in [-0.05, 0) is 48.6 Å². The molecule has 3 N–H and O–H groups in total. The van der Waals surface area contributed by atoms with Crippen LogP contribution in [0, 0.1) is 0 Å². The van der Waals surface area contributed by atoms with E-state index < -0.39 is 0 Å². The quantitative estimate of drug-likeness (QED) is 0.413. The van der Waals surface area contributed by atoms with Gasteiger partial charge in [-0.1, -0.05) is 48.5 Å². The molecule has 4 rings (SSSR count). The van der Waals surface area contributed by atoms with Crippen molar-refractivity contribution in [2.24, 2.45) is 5.73 Å². The highest BCUT2D eigenvalue weighted by atomic mass is 32.1. The maximum Gasteiger partial charge on any atom is 0.267 e. The Kier molecular flexibility index (Phi) is 4.74. The molecule has 0 saturated heterocycles. The van der Waals surface area contributed by atoms with E-state index in [0.29, 0.717) is 22.5 Å². The van der Waals surface area contributed by atoms with Gasteiger partial charge in [-0.15, -0.1) is 0 Å². The first-order valence-corrected chi connectivity index (χ1v) is 9.04. The Morgan fingerprint density at radius 2 is 1.54 bits per heavy atom. The molecular weight excluding hydrogens is 370 g/mol. The van der Waals surface area contributed by atoms with Gasteiger partial charge in [-0.3, -0.25) is 10.2 Å². The van der Waals surface area contributed by atoms with Crippen LogP contribution >= 0.6 is 12.2 Å². The van der Waals surface area contributed by atoms with Crippen LogP contribution in [-0.4, -0.2) is 14.7 Å². The van der Waals surface area contributed by atoms with E-state index >= 15 is 0 Å². The Morgan fingerprint density at radius 3 is 2.21 bits per heavy atom. The zero-order valence-electron chi connectivity index (χ0n) is 14.8. The molecule has 0 aliphatic carbocycles. The first kappa shape index (κ1) is 17.7. The fourth-order valence-corrected chi connectivity index (χ4v) is 3.09. The van der Waals surface area contributed by atoms with Gasteiger partial charge in [0.25, 0.3) is 5.56 Å². The lowest BCUT2D eigenvalue weighted by Crippen LogP contribution is -2.44. The number of nitrogens with two attached hydrogens (primary N) is 1. The van der Waals surface area contributed by atoms with E-state index in [4.69, 9.17) is 22.9 Å². The number of benzene rings is 3. The molecule has 0 atom stereocenters. The van der Waals surface area contributed by atoms with Gasteiger partial charge in [0.05, 0.1) is 22.3 Å². The normalized spacial score (nSPS) is 10.6. The average molecular weight is 387 g/mol. The second-order valence-electron chi connectivity index (χ2n) is 6.05. The number of para-hydroxylation sites is 3. The highest BCUT2D eigenvalue weighted by Gasteiger charge is 2.20. The standard InChI is InChI=1S/C21H17N5OS/c22-20(28)24-26(16-11-5-2-6-12-16)21-23-18-14-8-7-13-17(18)19(27)25(21)15-9-3-1-4-10-15/h1-14H,(H3,22,24,28). The summed E-state index contributed by atoms with van der Waals surface area (Å²) in [5, 5.41) is 2.20. The van der Waals surface area contributed by atoms with E-state index in [1.807, 2.05) is 72.8 Å². The molecular formula is C21H17N5OS. The van der Waals surface area contributed by atoms with Crippen LogP contribution in [0.5, 0.6) is 0 Å². The molecule has 4 aromatic rings. The largest absolute Gasteiger partial charge is 0.375 e. The van der Waals surface area contributed by atoms with Crippen molar-refractivity contribution in [1.82, 2.24) is 15.0 Å². The Balaban J connectivity index is 2.06. The third-order valence-electron chi connectivity index (χ3n) is 4.21. The van der Waals surface area contributed by atoms with Crippen molar-refractivity contribution in [3.63, 3.8) is 0 Å². The van der Waals surface area contributed by atoms with E-state index in [0.717, 1.165) is 5.69 Å². The molecule has 0 amide bonds. The predicted molar refractivity (Wildman–Crippen MR) is 116 cm³/mol. The van der Waals surface area contributed by atoms with Crippen molar-refractivity contribution in [1.29, 1.82) is 0 Å². The Labute approximate surface area is 166 Å². The van der Waals surface area contributed by atoms with Gasteiger partial charge < -0.3 is 5.73 Å². The summed E-state index contributed by atoms with van der Waals surface area (Å²) in [6.45, 7) is 0. The van der Waals surface area contributed by atoms with Crippen molar-refractivity contribution in [3.8, 4) is 5.69 Å². The Bertz CT molecular complexity index is 1190. The minimum atomic E-state index is -0.183. The maximum absolute atomic E-state index is 13.4. The topological polar surface area (TPSA) is 76.2 Å². The van der Waals surface area contributed by atoms with Crippen LogP contribution in [0.1, 0.15) is 0 Å². The number of nitrogens with one attached hydrogen (secondary N) is 1. The maximum atomic E-state index is 13.4. The van der Waals surface area contributed by atoms with E-state index in [-0.39, 0.29) is 10.7 Å². The SMILES string of the molecule is NC(=S)NN(c1ccccc1)c1nc2ccccc2c(=O)n1-c1ccccc1. The van der Waals surface area contributed by atoms with Gasteiger partial charge in [0, 0.05) is 0 Å². The highest BCUT2D eigenvalue weighted by Crippen LogP contribution is 2.24. The van der Waals surface area contributed by atoms with Crippen LogP contribution in [-0.2, 0) is 0 Å². The van der Waals surface area contributed by atoms with Crippen LogP contribution in [0.25, 0.3) is 16.6 Å². The van der Waals surface area contributed by atoms with Gasteiger partial charge in [-0.25, -0.2) is 14.6 Å². The second-order valence-corrected chi connectivity index (χ2v) is 6.49. The summed E-state index contributed by atoms with van der Waals surface area (Å²) < 4.78 is 1.54. The zero-order chi connectivity index (χ0) is 19.5. The lowest BCUT2D eigenvalue weighted by molar-refractivity contribution is 0.830. The Morgan fingerprint density at radius 1 is 0.929 bits per heavy atom. The van der Waals surface area contributed by atoms with E-state index in [1.54, 1.807) is 21.7 Å². The van der Waals surface area contributed by atoms with Crippen molar-refractivity contribution < 1.29 is 0 Å². The van der Waals surface area contributed by atoms with Crippen LogP contribution in [0.2, 0.25) is 0 Å². The summed E-state index contributed by atoms with van der Waals surface area (Å²) in [6.07, 6.45) is 0. The monoisotopic (exact) mass is 387 g/mol. The molecule has 138 valence electrons. The van der Waals surface area contributed by atoms with Crippen LogP contribution in [0.4, 0.5) is 11.6 Å². The van der Waals surface area contributed by atoms with Crippen molar-refractivity contribution in [3.05, 3.63) is 95.3 Å². The smallest absolute Gasteiger partial charge is 0.267 e. The molecule has 0 fully saturated rings. The summed E-state index contributed by atoms with van der Waals surface area (Å²) >= 11 is 5.07. The molecule has 0 unspecified atom stereocenters. The summed E-state index contributed by atoms with van der Waals surface area (Å²) in [6, 6.07) is 26.0. The third-order valence-corrected chi connectivity index (χ3v) is 4.30. The molecule has 0 radical (unpaired) electrons. The fourth-order valence-electron chi connectivity index (χ4n) is 3.00. The number of rotatable bonds is 4. The summed E-state index contributed by atoms with van der Waals surface area (Å²) in [5.74, 6) is 0.355. The van der Waals surface area contributed by atoms with Crippen molar-refractivity contribution >= 4 is 39.9 Å². The van der Waals surface area contributed by atoms with Crippen molar-refractivity contribution in [2.45, 2.75) is 0 Å². The van der Waals surface area contributed by atoms with Gasteiger partial charge in [0.2, 0.25) is 5.95 Å². The number of hydrazine groups is 1. The number of nitrogens with zero attached hydrogens (tertiary/aromatic N) is 3. The van der Waals surface area contributed by atoms with Crippen LogP contribution < -0.4 is 21.7 Å². The Hall–Kier alpha value is -3.71. The van der Waals surface area contributed by atoms with Crippen LogP contribution in [0.15, 0.2) is 89.7 Å². The molecule has 1 heterocycles. The number of hydrogen-bond acceptors (Lipinski definition) is 4. The highest BCUT2D eigenvalue weighted by molar-refractivity contribution is 7.80. The lowest BCUT2D eigenvalue weighted by Gasteiger charge is -2.27. The average Bonchev–Trinajstić information content (AvgIpc) is 2.73. The lowest BCUT2D eigenvalue weighted by atomic mass is 10.2. The predicted octanol–water partition coefficient (Wildman–Crippen LogP) is 3.27. The molecule has 6 nitrogen and oxygen atoms in total. The number of fused-ring (bicyclic) bond motifs is 1. The molecule has 0 spiro atoms. The first-order chi connectivity index (χ1) is 13.6. The summed E-state index contributed by atoms with van der Waals surface area (Å²) in [7, 11) is 0. The van der Waals surface area contributed by atoms with Crippen molar-refractivity contribution in [2.75, 3.05) is 5.01 Å². The summed E-state index contributed by atoms with van der Waals surface area (Å²) in [4.78, 5) is 18.1. The number of aromatic nitrogens is 2. The fraction of sp³-hybridized carbons (Fsp3) is 0. The molecule has 0 aliphatic heterocycles. The number of anilines is 2. The zero-order valence-corrected chi connectivity index (χ0v) is 15.6. The number of hydrogen-bond donors (Lipinski definition) is 2. The van der Waals surface area contributed by atoms with E-state index in [2.05, 4.69) is 5.43 Å². The molecule has 1 aromatic heterocycles. The van der Waals surface area contributed by atoms with E-state index in [9.17, 15) is 4.79 Å². The van der Waals surface area contributed by atoms with Crippen LogP contribution in [0.3, 0.4) is 0 Å². The molecule has 0 saturated carbocycles. The molecule has 0 aliphatic rings. The molecule has 28 heavy (non-hydrogen) atoms. The first-order valence-electron chi connectivity index (χ1n) is 8.63. The molecule has 0 bridgehead atoms. The van der Waals surface area contributed by atoms with Gasteiger partial charge in [-0.2, -0.15) is 0 Å². The second kappa shape index (κ2) is 7.50. The van der Waals surface area contributed by atoms with Gasteiger partial charge in [0.1, 0.15) is 0 Å². The minimum absolute atomic E-state index is 0.0610. The molecule has 3 aromatic carbocycles. The number of thiocarbonyl (C=S) groups is 1. The van der Waals surface area contributed by atoms with Gasteiger partial charge in [0.15, 0.2) is 5.11 Å². The van der Waals surface area contributed by atoms with Gasteiger partial charge >= 0.3 is 0 Å². The third kappa shape index (κ3) is 3.30. The minimum Gasteiger partial charge on any atom is -0.375 e.